The lowest BCUT2D eigenvalue weighted by Crippen LogP contribution is -2.40. The van der Waals surface area contributed by atoms with Crippen LogP contribution in [-0.4, -0.2) is 49.9 Å². The molecule has 0 spiro atoms. The number of nitrogens with zero attached hydrogens (tertiary/aromatic N) is 2. The maximum Gasteiger partial charge on any atom is 0.271 e. The number of sulfonamides is 1. The van der Waals surface area contributed by atoms with Gasteiger partial charge < -0.3 is 10.1 Å². The largest absolute Gasteiger partial charge is 0.379 e. The fourth-order valence-electron chi connectivity index (χ4n) is 3.12. The Balaban J connectivity index is 1.38. The van der Waals surface area contributed by atoms with Gasteiger partial charge in [0, 0.05) is 30.6 Å². The number of hydrogen-bond acceptors (Lipinski definition) is 6. The van der Waals surface area contributed by atoms with Gasteiger partial charge in [-0.2, -0.15) is 4.31 Å². The van der Waals surface area contributed by atoms with Crippen molar-refractivity contribution in [3.63, 3.8) is 0 Å². The van der Waals surface area contributed by atoms with Gasteiger partial charge in [-0.1, -0.05) is 24.3 Å². The number of benzene rings is 2. The molecule has 0 radical (unpaired) electrons. The van der Waals surface area contributed by atoms with Crippen molar-refractivity contribution in [2.75, 3.05) is 26.3 Å². The average molecular weight is 462 g/mol. The van der Waals surface area contributed by atoms with Crippen LogP contribution in [0.5, 0.6) is 0 Å². The quantitative estimate of drug-likeness (QED) is 0.610. The van der Waals surface area contributed by atoms with E-state index in [1.807, 2.05) is 0 Å². The Labute approximate surface area is 183 Å². The third kappa shape index (κ3) is 4.82. The smallest absolute Gasteiger partial charge is 0.271 e. The Morgan fingerprint density at radius 3 is 2.55 bits per heavy atom. The monoisotopic (exact) mass is 461 g/mol. The van der Waals surface area contributed by atoms with E-state index in [1.54, 1.807) is 35.7 Å². The van der Waals surface area contributed by atoms with E-state index in [4.69, 9.17) is 4.74 Å². The molecule has 2 aromatic carbocycles. The van der Waals surface area contributed by atoms with Crippen LogP contribution in [0.15, 0.2) is 58.8 Å². The molecule has 0 unspecified atom stereocenters. The topological polar surface area (TPSA) is 88.6 Å². The fraction of sp³-hybridized carbons (Fsp3) is 0.238. The molecule has 4 rings (SSSR count). The van der Waals surface area contributed by atoms with Gasteiger partial charge in [-0.15, -0.1) is 11.3 Å². The first kappa shape index (κ1) is 21.6. The van der Waals surface area contributed by atoms with Gasteiger partial charge in [-0.3, -0.25) is 4.79 Å². The number of carbonyl (C=O) groups is 1. The summed E-state index contributed by atoms with van der Waals surface area (Å²) >= 11 is 1.19. The second-order valence-corrected chi connectivity index (χ2v) is 9.66. The van der Waals surface area contributed by atoms with E-state index in [0.29, 0.717) is 36.9 Å². The van der Waals surface area contributed by atoms with E-state index in [0.717, 1.165) is 5.56 Å². The second-order valence-electron chi connectivity index (χ2n) is 6.86. The molecule has 31 heavy (non-hydrogen) atoms. The first-order valence-electron chi connectivity index (χ1n) is 9.60. The van der Waals surface area contributed by atoms with Gasteiger partial charge in [0.05, 0.1) is 18.1 Å². The zero-order valence-electron chi connectivity index (χ0n) is 16.5. The third-order valence-electron chi connectivity index (χ3n) is 4.83. The zero-order valence-corrected chi connectivity index (χ0v) is 18.1. The molecule has 1 saturated heterocycles. The number of hydrogen-bond donors (Lipinski definition) is 1. The lowest BCUT2D eigenvalue weighted by Gasteiger charge is -2.26. The number of nitrogens with one attached hydrogen (secondary N) is 1. The predicted molar refractivity (Wildman–Crippen MR) is 115 cm³/mol. The maximum atomic E-state index is 13.9. The van der Waals surface area contributed by atoms with Gasteiger partial charge in [0.2, 0.25) is 10.0 Å². The van der Waals surface area contributed by atoms with Crippen LogP contribution in [-0.2, 0) is 21.3 Å². The van der Waals surface area contributed by atoms with Crippen LogP contribution < -0.4 is 5.32 Å². The Kier molecular flexibility index (Phi) is 6.42. The molecule has 3 aromatic rings. The van der Waals surface area contributed by atoms with Crippen LogP contribution in [0.4, 0.5) is 4.39 Å². The Bertz CT molecular complexity index is 1170. The molecule has 0 atom stereocenters. The molecule has 7 nitrogen and oxygen atoms in total. The first-order valence-corrected chi connectivity index (χ1v) is 11.9. The summed E-state index contributed by atoms with van der Waals surface area (Å²) in [6.07, 6.45) is 0. The summed E-state index contributed by atoms with van der Waals surface area (Å²) in [4.78, 5) is 16.8. The summed E-state index contributed by atoms with van der Waals surface area (Å²) in [7, 11) is -3.55. The summed E-state index contributed by atoms with van der Waals surface area (Å²) in [5, 5.41) is 4.76. The van der Waals surface area contributed by atoms with Crippen LogP contribution in [0, 0.1) is 5.82 Å². The molecule has 162 valence electrons. The SMILES string of the molecule is O=C(NCc1ccc(S(=O)(=O)N2CCOCC2)cc1)c1csc(-c2ccccc2F)n1. The van der Waals surface area contributed by atoms with Gasteiger partial charge >= 0.3 is 0 Å². The van der Waals surface area contributed by atoms with Crippen LogP contribution in [0.3, 0.4) is 0 Å². The highest BCUT2D eigenvalue weighted by molar-refractivity contribution is 7.89. The molecule has 1 aliphatic rings. The van der Waals surface area contributed by atoms with Gasteiger partial charge in [-0.25, -0.2) is 17.8 Å². The molecular weight excluding hydrogens is 441 g/mol. The minimum Gasteiger partial charge on any atom is -0.379 e. The molecule has 1 fully saturated rings. The molecule has 10 heteroatoms. The van der Waals surface area contributed by atoms with E-state index in [1.165, 1.54) is 33.8 Å². The number of amides is 1. The highest BCUT2D eigenvalue weighted by Crippen LogP contribution is 2.26. The van der Waals surface area contributed by atoms with Crippen LogP contribution in [0.25, 0.3) is 10.6 Å². The Morgan fingerprint density at radius 1 is 1.13 bits per heavy atom. The lowest BCUT2D eigenvalue weighted by atomic mass is 10.2. The fourth-order valence-corrected chi connectivity index (χ4v) is 5.36. The molecule has 2 heterocycles. The van der Waals surface area contributed by atoms with Crippen molar-refractivity contribution in [1.82, 2.24) is 14.6 Å². The number of thiazole rings is 1. The van der Waals surface area contributed by atoms with Crippen molar-refractivity contribution in [3.8, 4) is 10.6 Å². The van der Waals surface area contributed by atoms with Gasteiger partial charge in [0.1, 0.15) is 16.5 Å². The molecule has 1 aliphatic heterocycles. The minimum absolute atomic E-state index is 0.203. The molecule has 1 amide bonds. The average Bonchev–Trinajstić information content (AvgIpc) is 3.29. The highest BCUT2D eigenvalue weighted by Gasteiger charge is 2.26. The van der Waals surface area contributed by atoms with Crippen molar-refractivity contribution in [2.24, 2.45) is 0 Å². The summed E-state index contributed by atoms with van der Waals surface area (Å²) in [5.41, 5.74) is 1.30. The number of halogens is 1. The van der Waals surface area contributed by atoms with Crippen molar-refractivity contribution >= 4 is 27.3 Å². The standard InChI is InChI=1S/C21H20FN3O4S2/c22-18-4-2-1-3-17(18)21-24-19(14-30-21)20(26)23-13-15-5-7-16(8-6-15)31(27,28)25-9-11-29-12-10-25/h1-8,14H,9-13H2,(H,23,26). The number of aromatic nitrogens is 1. The van der Waals surface area contributed by atoms with E-state index >= 15 is 0 Å². The maximum absolute atomic E-state index is 13.9. The van der Waals surface area contributed by atoms with Gasteiger partial charge in [0.25, 0.3) is 5.91 Å². The van der Waals surface area contributed by atoms with Crippen LogP contribution in [0.1, 0.15) is 16.1 Å². The molecule has 0 bridgehead atoms. The minimum atomic E-state index is -3.55. The zero-order chi connectivity index (χ0) is 21.8. The molecule has 0 saturated carbocycles. The Hall–Kier alpha value is -2.66. The van der Waals surface area contributed by atoms with E-state index < -0.39 is 15.8 Å². The van der Waals surface area contributed by atoms with Crippen LogP contribution >= 0.6 is 11.3 Å². The van der Waals surface area contributed by atoms with Crippen molar-refractivity contribution in [1.29, 1.82) is 0 Å². The summed E-state index contributed by atoms with van der Waals surface area (Å²) in [6.45, 7) is 1.66. The number of rotatable bonds is 6. The normalized spacial score (nSPS) is 15.0. The van der Waals surface area contributed by atoms with Gasteiger partial charge in [-0.05, 0) is 29.8 Å². The van der Waals surface area contributed by atoms with E-state index in [2.05, 4.69) is 10.3 Å². The lowest BCUT2D eigenvalue weighted by molar-refractivity contribution is 0.0730. The second kappa shape index (κ2) is 9.23. The third-order valence-corrected chi connectivity index (χ3v) is 7.61. The predicted octanol–water partition coefficient (Wildman–Crippen LogP) is 2.90. The van der Waals surface area contributed by atoms with Crippen molar-refractivity contribution in [3.05, 3.63) is 71.0 Å². The number of ether oxygens (including phenoxy) is 1. The summed E-state index contributed by atoms with van der Waals surface area (Å²) in [6, 6.07) is 12.7. The summed E-state index contributed by atoms with van der Waals surface area (Å²) in [5.74, 6) is -0.778. The molecule has 1 aromatic heterocycles. The van der Waals surface area contributed by atoms with Crippen LogP contribution in [0.2, 0.25) is 0 Å². The van der Waals surface area contributed by atoms with Crippen molar-refractivity contribution < 1.29 is 22.3 Å². The van der Waals surface area contributed by atoms with E-state index in [9.17, 15) is 17.6 Å². The summed E-state index contributed by atoms with van der Waals surface area (Å²) < 4.78 is 45.8. The van der Waals surface area contributed by atoms with E-state index in [-0.39, 0.29) is 23.0 Å². The molecule has 1 N–H and O–H groups in total. The highest BCUT2D eigenvalue weighted by atomic mass is 32.2. The number of carbonyl (C=O) groups excluding carboxylic acids is 1. The Morgan fingerprint density at radius 2 is 1.84 bits per heavy atom. The van der Waals surface area contributed by atoms with Crippen molar-refractivity contribution in [2.45, 2.75) is 11.4 Å². The number of morpholine rings is 1. The molecular formula is C21H20FN3O4S2. The van der Waals surface area contributed by atoms with Gasteiger partial charge in [0.15, 0.2) is 0 Å². The first-order chi connectivity index (χ1) is 14.9. The molecule has 0 aliphatic carbocycles.